The number of anilines is 1. The fourth-order valence-corrected chi connectivity index (χ4v) is 4.63. The number of esters is 1. The minimum Gasteiger partial charge on any atom is -0.493 e. The lowest BCUT2D eigenvalue weighted by Gasteiger charge is -2.24. The summed E-state index contributed by atoms with van der Waals surface area (Å²) in [5.74, 6) is 0.0565. The van der Waals surface area contributed by atoms with Crippen molar-refractivity contribution in [3.63, 3.8) is 0 Å². The lowest BCUT2D eigenvalue weighted by molar-refractivity contribution is -0.137. The topological polar surface area (TPSA) is 59.0 Å². The molecule has 1 saturated heterocycles. The smallest absolute Gasteiger partial charge is 0.418 e. The maximum absolute atomic E-state index is 14.2. The van der Waals surface area contributed by atoms with Gasteiger partial charge in [0.2, 0.25) is 0 Å². The second-order valence-corrected chi connectivity index (χ2v) is 9.21. The average molecular weight is 528 g/mol. The third-order valence-corrected chi connectivity index (χ3v) is 6.58. The minimum atomic E-state index is -4.50. The van der Waals surface area contributed by atoms with E-state index in [0.29, 0.717) is 55.0 Å². The van der Waals surface area contributed by atoms with Gasteiger partial charge in [0.05, 0.1) is 24.3 Å². The Morgan fingerprint density at radius 3 is 2.26 bits per heavy atom. The van der Waals surface area contributed by atoms with Crippen molar-refractivity contribution < 1.29 is 32.5 Å². The molecule has 0 atom stereocenters. The molecule has 5 nitrogen and oxygen atoms in total. The molecule has 0 aliphatic carbocycles. The number of unbranched alkanes of at least 4 members (excludes halogenated alkanes) is 1. The van der Waals surface area contributed by atoms with Crippen LogP contribution in [0.15, 0.2) is 60.7 Å². The number of hydrogen-bond donors (Lipinski definition) is 1. The minimum absolute atomic E-state index is 0.0455. The SMILES string of the molecule is CCOC(=O)c1ccc(-c2ccc(OCCCCO)c(-c3ccc(N4CCCC4)c(C(F)(F)F)c3)c2)cc1. The van der Waals surface area contributed by atoms with E-state index < -0.39 is 17.7 Å². The molecule has 1 aliphatic heterocycles. The Balaban J connectivity index is 1.74. The fourth-order valence-electron chi connectivity index (χ4n) is 4.63. The molecule has 0 unspecified atom stereocenters. The second kappa shape index (κ2) is 12.3. The summed E-state index contributed by atoms with van der Waals surface area (Å²) in [6.07, 6.45) is -1.56. The van der Waals surface area contributed by atoms with Gasteiger partial charge >= 0.3 is 12.1 Å². The number of rotatable bonds is 10. The van der Waals surface area contributed by atoms with Crippen LogP contribution in [0.2, 0.25) is 0 Å². The Hall–Kier alpha value is -3.52. The molecule has 1 aliphatic rings. The van der Waals surface area contributed by atoms with Gasteiger partial charge in [0.15, 0.2) is 0 Å². The number of halogens is 3. The molecule has 0 radical (unpaired) electrons. The van der Waals surface area contributed by atoms with Crippen LogP contribution in [-0.4, -0.2) is 44.0 Å². The van der Waals surface area contributed by atoms with E-state index in [9.17, 15) is 18.0 Å². The van der Waals surface area contributed by atoms with Gasteiger partial charge in [-0.2, -0.15) is 13.2 Å². The van der Waals surface area contributed by atoms with Gasteiger partial charge in [0, 0.05) is 30.9 Å². The van der Waals surface area contributed by atoms with E-state index in [4.69, 9.17) is 14.6 Å². The summed E-state index contributed by atoms with van der Waals surface area (Å²) in [6, 6.07) is 16.8. The van der Waals surface area contributed by atoms with Crippen LogP contribution in [0.5, 0.6) is 5.75 Å². The van der Waals surface area contributed by atoms with Crippen LogP contribution in [0.4, 0.5) is 18.9 Å². The van der Waals surface area contributed by atoms with E-state index in [1.54, 1.807) is 54.3 Å². The van der Waals surface area contributed by atoms with Gasteiger partial charge in [-0.3, -0.25) is 0 Å². The summed E-state index contributed by atoms with van der Waals surface area (Å²) in [5.41, 5.74) is 2.49. The van der Waals surface area contributed by atoms with Crippen molar-refractivity contribution in [3.05, 3.63) is 71.8 Å². The summed E-state index contributed by atoms with van der Waals surface area (Å²) in [4.78, 5) is 13.8. The Kier molecular flexibility index (Phi) is 8.94. The van der Waals surface area contributed by atoms with Gasteiger partial charge in [0.1, 0.15) is 5.75 Å². The van der Waals surface area contributed by atoms with Crippen molar-refractivity contribution >= 4 is 11.7 Å². The highest BCUT2D eigenvalue weighted by molar-refractivity contribution is 5.90. The number of ether oxygens (including phenoxy) is 2. The second-order valence-electron chi connectivity index (χ2n) is 9.21. The molecule has 38 heavy (non-hydrogen) atoms. The third kappa shape index (κ3) is 6.48. The van der Waals surface area contributed by atoms with Crippen molar-refractivity contribution in [1.29, 1.82) is 0 Å². The Morgan fingerprint density at radius 1 is 0.921 bits per heavy atom. The maximum atomic E-state index is 14.2. The quantitative estimate of drug-likeness (QED) is 0.228. The molecule has 8 heteroatoms. The van der Waals surface area contributed by atoms with Crippen LogP contribution in [0, 0.1) is 0 Å². The predicted molar refractivity (Wildman–Crippen MR) is 142 cm³/mol. The summed E-state index contributed by atoms with van der Waals surface area (Å²) in [5, 5.41) is 9.07. The van der Waals surface area contributed by atoms with Crippen molar-refractivity contribution in [3.8, 4) is 28.0 Å². The van der Waals surface area contributed by atoms with Gasteiger partial charge in [-0.25, -0.2) is 4.79 Å². The first-order valence-electron chi connectivity index (χ1n) is 12.9. The number of nitrogens with zero attached hydrogens (tertiary/aromatic N) is 1. The summed E-state index contributed by atoms with van der Waals surface area (Å²) >= 11 is 0. The molecule has 4 rings (SSSR count). The molecule has 0 saturated carbocycles. The molecule has 0 spiro atoms. The lowest BCUT2D eigenvalue weighted by atomic mass is 9.95. The maximum Gasteiger partial charge on any atom is 0.418 e. The van der Waals surface area contributed by atoms with Gasteiger partial charge in [-0.1, -0.05) is 24.3 Å². The molecule has 1 fully saturated rings. The number of aliphatic hydroxyl groups excluding tert-OH is 1. The standard InChI is InChI=1S/C30H32F3NO4/c1-2-37-29(36)22-9-7-21(8-10-22)23-12-14-28(38-18-6-5-17-35)25(19-23)24-11-13-27(34-15-3-4-16-34)26(20-24)30(31,32)33/h7-14,19-20,35H,2-6,15-18H2,1H3. The fraction of sp³-hybridized carbons (Fsp3) is 0.367. The molecular weight excluding hydrogens is 495 g/mol. The number of benzene rings is 3. The van der Waals surface area contributed by atoms with Crippen molar-refractivity contribution in [1.82, 2.24) is 0 Å². The zero-order valence-electron chi connectivity index (χ0n) is 21.4. The van der Waals surface area contributed by atoms with E-state index in [0.717, 1.165) is 24.0 Å². The summed E-state index contributed by atoms with van der Waals surface area (Å²) < 4.78 is 53.5. The van der Waals surface area contributed by atoms with Crippen LogP contribution in [-0.2, 0) is 10.9 Å². The average Bonchev–Trinajstić information content (AvgIpc) is 3.46. The van der Waals surface area contributed by atoms with E-state index in [1.807, 2.05) is 12.1 Å². The van der Waals surface area contributed by atoms with Crippen LogP contribution in [0.3, 0.4) is 0 Å². The normalized spacial score (nSPS) is 13.6. The molecule has 0 bridgehead atoms. The number of hydrogen-bond acceptors (Lipinski definition) is 5. The highest BCUT2D eigenvalue weighted by Crippen LogP contribution is 2.42. The molecule has 3 aromatic carbocycles. The summed E-state index contributed by atoms with van der Waals surface area (Å²) in [7, 11) is 0. The molecule has 1 heterocycles. The van der Waals surface area contributed by atoms with Crippen molar-refractivity contribution in [2.45, 2.75) is 38.8 Å². The monoisotopic (exact) mass is 527 g/mol. The van der Waals surface area contributed by atoms with E-state index in [-0.39, 0.29) is 18.9 Å². The Labute approximate surface area is 220 Å². The number of carbonyl (C=O) groups excluding carboxylic acids is 1. The Morgan fingerprint density at radius 2 is 1.61 bits per heavy atom. The first-order valence-corrected chi connectivity index (χ1v) is 12.9. The third-order valence-electron chi connectivity index (χ3n) is 6.58. The van der Waals surface area contributed by atoms with Crippen LogP contribution >= 0.6 is 0 Å². The zero-order chi connectivity index (χ0) is 27.1. The van der Waals surface area contributed by atoms with Crippen molar-refractivity contribution in [2.24, 2.45) is 0 Å². The van der Waals surface area contributed by atoms with Gasteiger partial charge in [-0.05, 0) is 85.7 Å². The molecule has 0 aromatic heterocycles. The van der Waals surface area contributed by atoms with Crippen LogP contribution < -0.4 is 9.64 Å². The zero-order valence-corrected chi connectivity index (χ0v) is 21.4. The summed E-state index contributed by atoms with van der Waals surface area (Å²) in [6.45, 7) is 3.62. The van der Waals surface area contributed by atoms with Crippen molar-refractivity contribution in [2.75, 3.05) is 37.8 Å². The molecule has 0 amide bonds. The van der Waals surface area contributed by atoms with Gasteiger partial charge in [-0.15, -0.1) is 0 Å². The first-order chi connectivity index (χ1) is 18.3. The van der Waals surface area contributed by atoms with Gasteiger partial charge < -0.3 is 19.5 Å². The highest BCUT2D eigenvalue weighted by atomic mass is 19.4. The lowest BCUT2D eigenvalue weighted by Crippen LogP contribution is -2.22. The molecule has 3 aromatic rings. The van der Waals surface area contributed by atoms with E-state index in [2.05, 4.69) is 0 Å². The molecule has 202 valence electrons. The predicted octanol–water partition coefficient (Wildman–Crippen LogP) is 6.97. The van der Waals surface area contributed by atoms with Crippen LogP contribution in [0.25, 0.3) is 22.3 Å². The number of carbonyl (C=O) groups is 1. The molecular formula is C30H32F3NO4. The largest absolute Gasteiger partial charge is 0.493 e. The molecule has 1 N–H and O–H groups in total. The highest BCUT2D eigenvalue weighted by Gasteiger charge is 2.36. The first kappa shape index (κ1) is 27.5. The number of alkyl halides is 3. The van der Waals surface area contributed by atoms with E-state index >= 15 is 0 Å². The Bertz CT molecular complexity index is 1240. The van der Waals surface area contributed by atoms with Gasteiger partial charge in [0.25, 0.3) is 0 Å². The van der Waals surface area contributed by atoms with E-state index in [1.165, 1.54) is 6.07 Å². The van der Waals surface area contributed by atoms with Crippen LogP contribution in [0.1, 0.15) is 48.5 Å². The number of aliphatic hydroxyl groups is 1.